The lowest BCUT2D eigenvalue weighted by atomic mass is 11.5. The predicted molar refractivity (Wildman–Crippen MR) is 33.6 cm³/mol. The summed E-state index contributed by atoms with van der Waals surface area (Å²) < 4.78 is 4.52. The van der Waals surface area contributed by atoms with Crippen LogP contribution in [0.3, 0.4) is 0 Å². The molecule has 0 bridgehead atoms. The standard InChI is InChI=1S/C2H4N2O2S2/c5-1-3-7-8-4-2-6/h1-2H,(H,3,5)(H,4,6). The van der Waals surface area contributed by atoms with Gasteiger partial charge in [-0.15, -0.1) is 0 Å². The fourth-order valence-corrected chi connectivity index (χ4v) is 0.787. The summed E-state index contributed by atoms with van der Waals surface area (Å²) in [6.45, 7) is 0. The fraction of sp³-hybridized carbons (Fsp3) is 0. The molecule has 8 heavy (non-hydrogen) atoms. The van der Waals surface area contributed by atoms with Gasteiger partial charge in [-0.2, -0.15) is 0 Å². The van der Waals surface area contributed by atoms with Crippen molar-refractivity contribution in [1.29, 1.82) is 0 Å². The summed E-state index contributed by atoms with van der Waals surface area (Å²) in [7, 11) is 2.07. The van der Waals surface area contributed by atoms with Crippen molar-refractivity contribution in [1.82, 2.24) is 9.44 Å². The molecule has 0 spiro atoms. The number of rotatable bonds is 5. The molecule has 2 amide bonds. The van der Waals surface area contributed by atoms with E-state index in [4.69, 9.17) is 0 Å². The van der Waals surface area contributed by atoms with Crippen molar-refractivity contribution in [2.24, 2.45) is 0 Å². The Morgan fingerprint density at radius 1 is 1.00 bits per heavy atom. The van der Waals surface area contributed by atoms with E-state index in [2.05, 4.69) is 9.44 Å². The molecule has 0 rings (SSSR count). The van der Waals surface area contributed by atoms with Crippen LogP contribution >= 0.6 is 22.0 Å². The van der Waals surface area contributed by atoms with Crippen molar-refractivity contribution in [2.45, 2.75) is 0 Å². The molecule has 6 heteroatoms. The zero-order chi connectivity index (χ0) is 6.24. The van der Waals surface area contributed by atoms with Gasteiger partial charge >= 0.3 is 0 Å². The van der Waals surface area contributed by atoms with Gasteiger partial charge in [-0.05, 0) is 0 Å². The van der Waals surface area contributed by atoms with Crippen molar-refractivity contribution >= 4 is 34.8 Å². The molecule has 0 saturated heterocycles. The summed E-state index contributed by atoms with van der Waals surface area (Å²) in [4.78, 5) is 19.0. The first kappa shape index (κ1) is 7.64. The molecule has 46 valence electrons. The smallest absolute Gasteiger partial charge is 0.217 e. The maximum absolute atomic E-state index is 9.51. The van der Waals surface area contributed by atoms with Crippen LogP contribution in [0.25, 0.3) is 0 Å². The average Bonchev–Trinajstić information content (AvgIpc) is 1.81. The number of carbonyl (C=O) groups is 2. The lowest BCUT2D eigenvalue weighted by Gasteiger charge is -1.90. The van der Waals surface area contributed by atoms with E-state index >= 15 is 0 Å². The van der Waals surface area contributed by atoms with Gasteiger partial charge in [0.15, 0.2) is 0 Å². The summed E-state index contributed by atoms with van der Waals surface area (Å²) >= 11 is 0. The van der Waals surface area contributed by atoms with Gasteiger partial charge in [0.25, 0.3) is 0 Å². The van der Waals surface area contributed by atoms with Gasteiger partial charge in [0.1, 0.15) is 0 Å². The second-order valence-electron chi connectivity index (χ2n) is 0.638. The second kappa shape index (κ2) is 6.64. The first-order chi connectivity index (χ1) is 3.91. The van der Waals surface area contributed by atoms with Crippen molar-refractivity contribution in [3.05, 3.63) is 0 Å². The lowest BCUT2D eigenvalue weighted by molar-refractivity contribution is -0.108. The third kappa shape index (κ3) is 5.64. The van der Waals surface area contributed by atoms with Crippen LogP contribution in [-0.4, -0.2) is 12.8 Å². The number of nitrogens with one attached hydrogen (secondary N) is 2. The van der Waals surface area contributed by atoms with E-state index in [0.717, 1.165) is 22.0 Å². The van der Waals surface area contributed by atoms with Gasteiger partial charge < -0.3 is 0 Å². The second-order valence-corrected chi connectivity index (χ2v) is 2.44. The van der Waals surface area contributed by atoms with E-state index < -0.39 is 0 Å². The van der Waals surface area contributed by atoms with Gasteiger partial charge in [-0.1, -0.05) is 0 Å². The molecule has 0 aromatic carbocycles. The molecule has 2 N–H and O–H groups in total. The normalized spacial score (nSPS) is 7.50. The molecule has 0 aliphatic rings. The molecule has 0 aromatic rings. The monoisotopic (exact) mass is 152 g/mol. The Morgan fingerprint density at radius 2 is 1.38 bits per heavy atom. The molecule has 0 aliphatic heterocycles. The Labute approximate surface area is 54.4 Å². The van der Waals surface area contributed by atoms with E-state index in [1.165, 1.54) is 0 Å². The number of hydrogen-bond donors (Lipinski definition) is 2. The molecule has 0 atom stereocenters. The Bertz CT molecular complexity index is 68.4. The summed E-state index contributed by atoms with van der Waals surface area (Å²) in [5, 5.41) is 0. The summed E-state index contributed by atoms with van der Waals surface area (Å²) in [6.07, 6.45) is 1.06. The van der Waals surface area contributed by atoms with Crippen molar-refractivity contribution < 1.29 is 9.59 Å². The zero-order valence-electron chi connectivity index (χ0n) is 3.79. The molecule has 0 saturated carbocycles. The predicted octanol–water partition coefficient (Wildman–Crippen LogP) is -0.310. The highest BCUT2D eigenvalue weighted by molar-refractivity contribution is 8.75. The lowest BCUT2D eigenvalue weighted by Crippen LogP contribution is -2.00. The van der Waals surface area contributed by atoms with Crippen LogP contribution in [-0.2, 0) is 9.59 Å². The third-order valence-corrected chi connectivity index (χ3v) is 1.53. The maximum Gasteiger partial charge on any atom is 0.217 e. The summed E-state index contributed by atoms with van der Waals surface area (Å²) in [5.41, 5.74) is 0. The van der Waals surface area contributed by atoms with E-state index in [-0.39, 0.29) is 0 Å². The van der Waals surface area contributed by atoms with Gasteiger partial charge in [0.05, 0.1) is 0 Å². The Morgan fingerprint density at radius 3 is 1.62 bits per heavy atom. The van der Waals surface area contributed by atoms with Crippen LogP contribution in [0.2, 0.25) is 0 Å². The molecular weight excluding hydrogens is 148 g/mol. The highest BCUT2D eigenvalue weighted by atomic mass is 33.1. The van der Waals surface area contributed by atoms with Gasteiger partial charge in [0, 0.05) is 22.0 Å². The van der Waals surface area contributed by atoms with E-state index in [1.807, 2.05) is 0 Å². The van der Waals surface area contributed by atoms with Crippen LogP contribution in [0.4, 0.5) is 0 Å². The Kier molecular flexibility index (Phi) is 6.34. The van der Waals surface area contributed by atoms with Crippen molar-refractivity contribution in [3.8, 4) is 0 Å². The largest absolute Gasteiger partial charge is 0.292 e. The third-order valence-electron chi connectivity index (χ3n) is 0.234. The molecule has 0 radical (unpaired) electrons. The van der Waals surface area contributed by atoms with E-state index in [0.29, 0.717) is 12.8 Å². The minimum atomic E-state index is 0.532. The quantitative estimate of drug-likeness (QED) is 0.245. The summed E-state index contributed by atoms with van der Waals surface area (Å²) in [5.74, 6) is 0. The topological polar surface area (TPSA) is 58.2 Å². The molecule has 0 unspecified atom stereocenters. The van der Waals surface area contributed by atoms with E-state index in [9.17, 15) is 9.59 Å². The first-order valence-electron chi connectivity index (χ1n) is 1.62. The molecule has 0 heterocycles. The Balaban J connectivity index is 2.71. The molecule has 0 aromatic heterocycles. The van der Waals surface area contributed by atoms with Gasteiger partial charge in [-0.25, -0.2) is 0 Å². The van der Waals surface area contributed by atoms with Crippen LogP contribution in [0, 0.1) is 0 Å². The molecule has 0 fully saturated rings. The minimum absolute atomic E-state index is 0.532. The number of carbonyl (C=O) groups excluding carboxylic acids is 2. The molecule has 0 aliphatic carbocycles. The SMILES string of the molecule is O=CNSSNC=O. The van der Waals surface area contributed by atoms with Crippen molar-refractivity contribution in [3.63, 3.8) is 0 Å². The van der Waals surface area contributed by atoms with Gasteiger partial charge in [0.2, 0.25) is 12.8 Å². The van der Waals surface area contributed by atoms with Crippen LogP contribution < -0.4 is 9.44 Å². The minimum Gasteiger partial charge on any atom is -0.292 e. The fourth-order valence-electron chi connectivity index (χ4n) is 0.0874. The Hall–Kier alpha value is -0.360. The van der Waals surface area contributed by atoms with E-state index in [1.54, 1.807) is 0 Å². The number of amides is 2. The van der Waals surface area contributed by atoms with Crippen LogP contribution in [0.15, 0.2) is 0 Å². The summed E-state index contributed by atoms with van der Waals surface area (Å²) in [6, 6.07) is 0. The van der Waals surface area contributed by atoms with Crippen LogP contribution in [0.5, 0.6) is 0 Å². The highest BCUT2D eigenvalue weighted by Gasteiger charge is 1.80. The van der Waals surface area contributed by atoms with Crippen LogP contribution in [0.1, 0.15) is 0 Å². The average molecular weight is 152 g/mol. The molecule has 4 nitrogen and oxygen atoms in total. The van der Waals surface area contributed by atoms with Gasteiger partial charge in [-0.3, -0.25) is 19.0 Å². The van der Waals surface area contributed by atoms with Crippen molar-refractivity contribution in [2.75, 3.05) is 0 Å². The number of hydrogen-bond acceptors (Lipinski definition) is 4. The molecular formula is C2H4N2O2S2. The highest BCUT2D eigenvalue weighted by Crippen LogP contribution is 2.08. The zero-order valence-corrected chi connectivity index (χ0v) is 5.42. The maximum atomic E-state index is 9.51. The first-order valence-corrected chi connectivity index (χ1v) is 3.77.